The molecule has 2 fully saturated rings. The Hall–Kier alpha value is -1.67. The number of nitrogens with one attached hydrogen (secondary N) is 1. The number of rotatable bonds is 10. The first-order chi connectivity index (χ1) is 15.6. The van der Waals surface area contributed by atoms with Gasteiger partial charge < -0.3 is 15.5 Å². The van der Waals surface area contributed by atoms with E-state index in [-0.39, 0.29) is 24.0 Å². The summed E-state index contributed by atoms with van der Waals surface area (Å²) >= 11 is 7.42. The van der Waals surface area contributed by atoms with E-state index in [0.717, 1.165) is 24.2 Å². The van der Waals surface area contributed by atoms with Gasteiger partial charge >= 0.3 is 10.3 Å². The van der Waals surface area contributed by atoms with Gasteiger partial charge in [-0.1, -0.05) is 24.4 Å². The zero-order chi connectivity index (χ0) is 23.8. The third-order valence-corrected chi connectivity index (χ3v) is 7.80. The summed E-state index contributed by atoms with van der Waals surface area (Å²) in [6.45, 7) is -0.229. The predicted molar refractivity (Wildman–Crippen MR) is 122 cm³/mol. The van der Waals surface area contributed by atoms with Crippen molar-refractivity contribution in [2.45, 2.75) is 50.4 Å². The van der Waals surface area contributed by atoms with Crippen molar-refractivity contribution in [3.8, 4) is 0 Å². The molecule has 2 saturated carbocycles. The van der Waals surface area contributed by atoms with E-state index >= 15 is 0 Å². The van der Waals surface area contributed by atoms with Gasteiger partial charge in [-0.3, -0.25) is 8.98 Å². The summed E-state index contributed by atoms with van der Waals surface area (Å²) in [6.07, 6.45) is 4.76. The van der Waals surface area contributed by atoms with Crippen LogP contribution in [0.15, 0.2) is 18.6 Å². The number of carbonyl (C=O) groups is 1. The van der Waals surface area contributed by atoms with Gasteiger partial charge in [0.15, 0.2) is 0 Å². The summed E-state index contributed by atoms with van der Waals surface area (Å²) in [7, 11) is -4.10. The van der Waals surface area contributed by atoms with Crippen LogP contribution in [-0.2, 0) is 14.5 Å². The summed E-state index contributed by atoms with van der Waals surface area (Å²) in [5.74, 6) is 0.0372. The van der Waals surface area contributed by atoms with E-state index in [1.54, 1.807) is 6.07 Å². The highest BCUT2D eigenvalue weighted by molar-refractivity contribution is 7.84. The number of aromatic nitrogens is 2. The molecule has 5 N–H and O–H groups in total. The van der Waals surface area contributed by atoms with Crippen molar-refractivity contribution in [1.29, 1.82) is 0 Å². The molecule has 13 heteroatoms. The minimum Gasteiger partial charge on any atom is -0.393 e. The quantitative estimate of drug-likeness (QED) is 0.345. The number of halogens is 1. The third kappa shape index (κ3) is 6.27. The molecule has 0 aromatic carbocycles. The Kier molecular flexibility index (Phi) is 7.34. The lowest BCUT2D eigenvalue weighted by Gasteiger charge is -2.15. The van der Waals surface area contributed by atoms with Crippen LogP contribution >= 0.6 is 22.9 Å². The monoisotopic (exact) mass is 516 g/mol. The smallest absolute Gasteiger partial charge is 0.333 e. The van der Waals surface area contributed by atoms with Crippen molar-refractivity contribution in [3.63, 3.8) is 0 Å². The molecule has 2 aromatic rings. The van der Waals surface area contributed by atoms with E-state index in [0.29, 0.717) is 45.8 Å². The average Bonchev–Trinajstić information content (AvgIpc) is 3.36. The fourth-order valence-electron chi connectivity index (χ4n) is 4.04. The highest BCUT2D eigenvalue weighted by Crippen LogP contribution is 2.41. The van der Waals surface area contributed by atoms with E-state index in [9.17, 15) is 23.4 Å². The fourth-order valence-corrected chi connectivity index (χ4v) is 5.73. The first kappa shape index (κ1) is 24.5. The largest absolute Gasteiger partial charge is 0.393 e. The van der Waals surface area contributed by atoms with E-state index in [4.69, 9.17) is 16.7 Å². The molecule has 180 valence electrons. The molecule has 0 saturated heterocycles. The van der Waals surface area contributed by atoms with Gasteiger partial charge in [0.05, 0.1) is 33.6 Å². The molecule has 0 spiro atoms. The molecule has 1 unspecified atom stereocenters. The molecule has 33 heavy (non-hydrogen) atoms. The first-order valence-corrected chi connectivity index (χ1v) is 13.2. The molecule has 2 heterocycles. The second kappa shape index (κ2) is 9.90. The number of aliphatic hydroxyl groups is 2. The molecule has 0 bridgehead atoms. The van der Waals surface area contributed by atoms with Gasteiger partial charge in [0.1, 0.15) is 12.1 Å². The topological polar surface area (TPSA) is 165 Å². The SMILES string of the molecule is NS(=O)(=O)OC[C@H]1C[C@@H](Nc2ncncc2C(=O)c2cc(C(O)CC3CC3)c(Cl)s2)C[C@@H]1O. The Bertz CT molecular complexity index is 1120. The molecule has 2 aromatic heterocycles. The van der Waals surface area contributed by atoms with Crippen LogP contribution in [0.2, 0.25) is 4.34 Å². The Morgan fingerprint density at radius 3 is 2.85 bits per heavy atom. The van der Waals surface area contributed by atoms with E-state index in [1.807, 2.05) is 0 Å². The second-order valence-electron chi connectivity index (χ2n) is 8.57. The number of hydrogen-bond acceptors (Lipinski definition) is 10. The number of hydrogen-bond donors (Lipinski definition) is 4. The zero-order valence-electron chi connectivity index (χ0n) is 17.6. The molecule has 0 radical (unpaired) electrons. The Balaban J connectivity index is 1.46. The minimum absolute atomic E-state index is 0.229. The highest BCUT2D eigenvalue weighted by Gasteiger charge is 2.35. The van der Waals surface area contributed by atoms with Gasteiger partial charge in [0.25, 0.3) is 0 Å². The van der Waals surface area contributed by atoms with E-state index in [2.05, 4.69) is 19.5 Å². The summed E-state index contributed by atoms with van der Waals surface area (Å²) in [5.41, 5.74) is 0.789. The highest BCUT2D eigenvalue weighted by atomic mass is 35.5. The number of anilines is 1. The number of ketones is 1. The van der Waals surface area contributed by atoms with Gasteiger partial charge in [-0.25, -0.2) is 15.1 Å². The van der Waals surface area contributed by atoms with Crippen LogP contribution in [0.1, 0.15) is 59.0 Å². The van der Waals surface area contributed by atoms with E-state index in [1.165, 1.54) is 12.5 Å². The van der Waals surface area contributed by atoms with Crippen molar-refractivity contribution >= 4 is 44.8 Å². The molecule has 0 amide bonds. The van der Waals surface area contributed by atoms with Crippen LogP contribution in [0, 0.1) is 11.8 Å². The molecule has 0 aliphatic heterocycles. The third-order valence-electron chi connectivity index (χ3n) is 5.95. The minimum atomic E-state index is -4.10. The average molecular weight is 517 g/mol. The molecule has 2 aliphatic rings. The van der Waals surface area contributed by atoms with Crippen molar-refractivity contribution in [3.05, 3.63) is 38.9 Å². The molecular weight excluding hydrogens is 492 g/mol. The lowest BCUT2D eigenvalue weighted by molar-refractivity contribution is 0.101. The lowest BCUT2D eigenvalue weighted by Crippen LogP contribution is -2.24. The van der Waals surface area contributed by atoms with Crippen LogP contribution in [-0.4, -0.2) is 53.1 Å². The molecule has 4 atom stereocenters. The fraction of sp³-hybridized carbons (Fsp3) is 0.550. The number of nitrogens with zero attached hydrogens (tertiary/aromatic N) is 2. The van der Waals surface area contributed by atoms with Crippen molar-refractivity contribution in [2.75, 3.05) is 11.9 Å². The number of carbonyl (C=O) groups excluding carboxylic acids is 1. The van der Waals surface area contributed by atoms with Gasteiger partial charge in [-0.05, 0) is 31.2 Å². The van der Waals surface area contributed by atoms with Gasteiger partial charge in [0, 0.05) is 23.7 Å². The Morgan fingerprint density at radius 2 is 2.15 bits per heavy atom. The van der Waals surface area contributed by atoms with Crippen LogP contribution in [0.5, 0.6) is 0 Å². The normalized spacial score (nSPS) is 24.1. The maximum absolute atomic E-state index is 13.2. The van der Waals surface area contributed by atoms with Crippen LogP contribution < -0.4 is 10.5 Å². The molecular formula is C20H25ClN4O6S2. The summed E-state index contributed by atoms with van der Waals surface area (Å²) in [6, 6.07) is 1.36. The van der Waals surface area contributed by atoms with E-state index < -0.39 is 28.4 Å². The summed E-state index contributed by atoms with van der Waals surface area (Å²) in [5, 5.41) is 28.7. The maximum atomic E-state index is 13.2. The van der Waals surface area contributed by atoms with Gasteiger partial charge in [0.2, 0.25) is 5.78 Å². The summed E-state index contributed by atoms with van der Waals surface area (Å²) in [4.78, 5) is 21.7. The van der Waals surface area contributed by atoms with Crippen LogP contribution in [0.25, 0.3) is 0 Å². The van der Waals surface area contributed by atoms with Crippen molar-refractivity contribution in [1.82, 2.24) is 9.97 Å². The second-order valence-corrected chi connectivity index (χ2v) is 11.4. The van der Waals surface area contributed by atoms with Crippen LogP contribution in [0.4, 0.5) is 5.82 Å². The number of aliphatic hydroxyl groups excluding tert-OH is 2. The number of nitrogens with two attached hydrogens (primary N) is 1. The zero-order valence-corrected chi connectivity index (χ0v) is 19.9. The predicted octanol–water partition coefficient (Wildman–Crippen LogP) is 2.03. The maximum Gasteiger partial charge on any atom is 0.333 e. The number of thiophene rings is 1. The molecule has 10 nitrogen and oxygen atoms in total. The van der Waals surface area contributed by atoms with Crippen molar-refractivity contribution in [2.24, 2.45) is 17.0 Å². The van der Waals surface area contributed by atoms with Crippen LogP contribution in [0.3, 0.4) is 0 Å². The van der Waals surface area contributed by atoms with Gasteiger partial charge in [-0.15, -0.1) is 11.3 Å². The molecule has 4 rings (SSSR count). The standard InChI is InChI=1S/C20H25ClN4O6S2/c21-19-13(16(27)3-10-1-2-10)6-17(32-19)18(28)14-7-23-9-24-20(14)25-12-4-11(15(26)5-12)8-31-33(22,29)30/h6-7,9-12,15-16,26-27H,1-5,8H2,(H2,22,29,30)(H,23,24,25)/t11-,12-,15+,16?/m1/s1. The van der Waals surface area contributed by atoms with Crippen molar-refractivity contribution < 1.29 is 27.6 Å². The molecule has 2 aliphatic carbocycles. The lowest BCUT2D eigenvalue weighted by atomic mass is 10.1. The first-order valence-electron chi connectivity index (χ1n) is 10.5. The Labute approximate surface area is 200 Å². The van der Waals surface area contributed by atoms with Gasteiger partial charge in [-0.2, -0.15) is 8.42 Å². The summed E-state index contributed by atoms with van der Waals surface area (Å²) < 4.78 is 27.0. The Morgan fingerprint density at radius 1 is 1.39 bits per heavy atom.